The highest BCUT2D eigenvalue weighted by Gasteiger charge is 2.28. The Balaban J connectivity index is 1.46. The van der Waals surface area contributed by atoms with Crippen molar-refractivity contribution in [2.75, 3.05) is 25.0 Å². The zero-order valence-electron chi connectivity index (χ0n) is 15.2. The monoisotopic (exact) mass is 370 g/mol. The second-order valence-corrected chi connectivity index (χ2v) is 7.71. The molecule has 0 atom stereocenters. The predicted octanol–water partition coefficient (Wildman–Crippen LogP) is 2.47. The van der Waals surface area contributed by atoms with Crippen molar-refractivity contribution in [2.24, 2.45) is 7.05 Å². The summed E-state index contributed by atoms with van der Waals surface area (Å²) in [7, 11) is 3.71. The van der Waals surface area contributed by atoms with Crippen LogP contribution in [-0.2, 0) is 7.05 Å². The Morgan fingerprint density at radius 2 is 2.08 bits per heavy atom. The van der Waals surface area contributed by atoms with E-state index in [4.69, 9.17) is 0 Å². The van der Waals surface area contributed by atoms with Gasteiger partial charge in [0.15, 0.2) is 0 Å². The highest BCUT2D eigenvalue weighted by atomic mass is 32.1. The Kier molecular flexibility index (Phi) is 4.36. The SMILES string of the molecule is Cc1csc2c(N3CCC(N(C)C(=O)c4cnn(C)c4)CC3)ncnc12. The summed E-state index contributed by atoms with van der Waals surface area (Å²) in [6.07, 6.45) is 6.91. The zero-order valence-corrected chi connectivity index (χ0v) is 16.0. The molecule has 1 aliphatic heterocycles. The van der Waals surface area contributed by atoms with E-state index in [0.29, 0.717) is 5.56 Å². The maximum absolute atomic E-state index is 12.6. The highest BCUT2D eigenvalue weighted by molar-refractivity contribution is 7.18. The topological polar surface area (TPSA) is 67.2 Å². The fraction of sp³-hybridized carbons (Fsp3) is 0.444. The number of rotatable bonds is 3. The van der Waals surface area contributed by atoms with Gasteiger partial charge in [-0.15, -0.1) is 11.3 Å². The molecule has 1 aliphatic rings. The van der Waals surface area contributed by atoms with Crippen LogP contribution < -0.4 is 4.90 Å². The van der Waals surface area contributed by atoms with Crippen molar-refractivity contribution in [3.8, 4) is 0 Å². The van der Waals surface area contributed by atoms with Gasteiger partial charge in [0.25, 0.3) is 5.91 Å². The molecule has 4 heterocycles. The number of hydrogen-bond donors (Lipinski definition) is 0. The molecule has 0 N–H and O–H groups in total. The summed E-state index contributed by atoms with van der Waals surface area (Å²) >= 11 is 1.71. The molecule has 1 saturated heterocycles. The van der Waals surface area contributed by atoms with Crippen LogP contribution in [-0.4, -0.2) is 56.7 Å². The number of carbonyl (C=O) groups excluding carboxylic acids is 1. The molecule has 26 heavy (non-hydrogen) atoms. The Morgan fingerprint density at radius 1 is 1.31 bits per heavy atom. The molecule has 8 heteroatoms. The van der Waals surface area contributed by atoms with Gasteiger partial charge in [0.1, 0.15) is 12.1 Å². The van der Waals surface area contributed by atoms with Crippen LogP contribution in [0.25, 0.3) is 10.2 Å². The summed E-state index contributed by atoms with van der Waals surface area (Å²) in [6.45, 7) is 3.86. The summed E-state index contributed by atoms with van der Waals surface area (Å²) in [5.74, 6) is 1.06. The fourth-order valence-electron chi connectivity index (χ4n) is 3.55. The number of fused-ring (bicyclic) bond motifs is 1. The number of piperidine rings is 1. The number of anilines is 1. The van der Waals surface area contributed by atoms with Crippen molar-refractivity contribution in [3.05, 3.63) is 35.2 Å². The minimum Gasteiger partial charge on any atom is -0.355 e. The third-order valence-corrected chi connectivity index (χ3v) is 6.18. The minimum absolute atomic E-state index is 0.0369. The summed E-state index contributed by atoms with van der Waals surface area (Å²) in [6, 6.07) is 0.237. The first-order chi connectivity index (χ1) is 12.5. The number of hydrogen-bond acceptors (Lipinski definition) is 6. The van der Waals surface area contributed by atoms with E-state index in [9.17, 15) is 4.79 Å². The summed E-state index contributed by atoms with van der Waals surface area (Å²) in [5.41, 5.74) is 2.89. The van der Waals surface area contributed by atoms with Crippen molar-refractivity contribution >= 4 is 33.3 Å². The molecule has 7 nitrogen and oxygen atoms in total. The van der Waals surface area contributed by atoms with E-state index in [2.05, 4.69) is 32.3 Å². The molecular formula is C18H22N6OS. The van der Waals surface area contributed by atoms with Crippen LogP contribution in [0.5, 0.6) is 0 Å². The van der Waals surface area contributed by atoms with Crippen LogP contribution in [0.3, 0.4) is 0 Å². The molecule has 136 valence electrons. The number of amides is 1. The molecule has 3 aromatic rings. The summed E-state index contributed by atoms with van der Waals surface area (Å²) < 4.78 is 2.82. The minimum atomic E-state index is 0.0369. The molecule has 0 radical (unpaired) electrons. The van der Waals surface area contributed by atoms with Gasteiger partial charge in [-0.05, 0) is 30.7 Å². The Labute approximate surface area is 156 Å². The van der Waals surface area contributed by atoms with E-state index in [1.165, 1.54) is 5.56 Å². The number of thiophene rings is 1. The van der Waals surface area contributed by atoms with Crippen LogP contribution >= 0.6 is 11.3 Å². The smallest absolute Gasteiger partial charge is 0.257 e. The number of nitrogens with zero attached hydrogens (tertiary/aromatic N) is 6. The van der Waals surface area contributed by atoms with E-state index in [1.54, 1.807) is 34.7 Å². The van der Waals surface area contributed by atoms with E-state index in [-0.39, 0.29) is 11.9 Å². The molecule has 0 spiro atoms. The molecule has 4 rings (SSSR count). The van der Waals surface area contributed by atoms with Crippen molar-refractivity contribution in [1.82, 2.24) is 24.6 Å². The van der Waals surface area contributed by atoms with Gasteiger partial charge in [-0.3, -0.25) is 9.48 Å². The maximum atomic E-state index is 12.6. The molecule has 3 aromatic heterocycles. The molecule has 0 saturated carbocycles. The summed E-state index contributed by atoms with van der Waals surface area (Å²) in [5, 5.41) is 6.23. The van der Waals surface area contributed by atoms with Crippen molar-refractivity contribution in [2.45, 2.75) is 25.8 Å². The van der Waals surface area contributed by atoms with Gasteiger partial charge in [-0.1, -0.05) is 0 Å². The molecule has 0 bridgehead atoms. The van der Waals surface area contributed by atoms with Gasteiger partial charge in [-0.2, -0.15) is 5.10 Å². The lowest BCUT2D eigenvalue weighted by atomic mass is 10.0. The first kappa shape index (κ1) is 17.0. The van der Waals surface area contributed by atoms with Crippen LogP contribution in [0.1, 0.15) is 28.8 Å². The van der Waals surface area contributed by atoms with Gasteiger partial charge in [0.05, 0.1) is 22.0 Å². The molecular weight excluding hydrogens is 348 g/mol. The number of aromatic nitrogens is 4. The standard InChI is InChI=1S/C18H22N6OS/c1-12-10-26-16-15(12)19-11-20-17(16)24-6-4-14(5-7-24)23(3)18(25)13-8-21-22(2)9-13/h8-11,14H,4-7H2,1-3H3. The summed E-state index contributed by atoms with van der Waals surface area (Å²) in [4.78, 5) is 25.7. The van der Waals surface area contributed by atoms with Gasteiger partial charge < -0.3 is 9.80 Å². The maximum Gasteiger partial charge on any atom is 0.257 e. The first-order valence-corrected chi connectivity index (χ1v) is 9.62. The molecule has 1 fully saturated rings. The van der Waals surface area contributed by atoms with E-state index < -0.39 is 0 Å². The lowest BCUT2D eigenvalue weighted by Gasteiger charge is -2.37. The molecule has 1 amide bonds. The van der Waals surface area contributed by atoms with Crippen molar-refractivity contribution < 1.29 is 4.79 Å². The molecule has 0 aromatic carbocycles. The van der Waals surface area contributed by atoms with Crippen LogP contribution in [0.15, 0.2) is 24.1 Å². The molecule has 0 unspecified atom stereocenters. The van der Waals surface area contributed by atoms with Gasteiger partial charge in [0, 0.05) is 39.4 Å². The second-order valence-electron chi connectivity index (χ2n) is 6.83. The molecule has 0 aliphatic carbocycles. The zero-order chi connectivity index (χ0) is 18.3. The fourth-order valence-corrected chi connectivity index (χ4v) is 4.57. The average molecular weight is 370 g/mol. The normalized spacial score (nSPS) is 15.6. The van der Waals surface area contributed by atoms with Gasteiger partial charge in [-0.25, -0.2) is 9.97 Å². The van der Waals surface area contributed by atoms with E-state index in [0.717, 1.165) is 42.0 Å². The average Bonchev–Trinajstić information content (AvgIpc) is 3.27. The number of carbonyl (C=O) groups is 1. The predicted molar refractivity (Wildman–Crippen MR) is 103 cm³/mol. The van der Waals surface area contributed by atoms with Crippen LogP contribution in [0, 0.1) is 6.92 Å². The Morgan fingerprint density at radius 3 is 2.77 bits per heavy atom. The third-order valence-electron chi connectivity index (χ3n) is 5.10. The van der Waals surface area contributed by atoms with Crippen molar-refractivity contribution in [1.29, 1.82) is 0 Å². The lowest BCUT2D eigenvalue weighted by Crippen LogP contribution is -2.45. The third kappa shape index (κ3) is 2.94. The second kappa shape index (κ2) is 6.68. The van der Waals surface area contributed by atoms with E-state index >= 15 is 0 Å². The number of aryl methyl sites for hydroxylation is 2. The first-order valence-electron chi connectivity index (χ1n) is 8.74. The lowest BCUT2D eigenvalue weighted by molar-refractivity contribution is 0.0709. The van der Waals surface area contributed by atoms with Crippen LogP contribution in [0.4, 0.5) is 5.82 Å². The Hall–Kier alpha value is -2.48. The highest BCUT2D eigenvalue weighted by Crippen LogP contribution is 2.32. The van der Waals surface area contributed by atoms with Crippen LogP contribution in [0.2, 0.25) is 0 Å². The quantitative estimate of drug-likeness (QED) is 0.709. The van der Waals surface area contributed by atoms with Crippen molar-refractivity contribution in [3.63, 3.8) is 0 Å². The van der Waals surface area contributed by atoms with Gasteiger partial charge >= 0.3 is 0 Å². The van der Waals surface area contributed by atoms with Gasteiger partial charge in [0.2, 0.25) is 0 Å². The largest absolute Gasteiger partial charge is 0.355 e. The Bertz CT molecular complexity index is 940. The van der Waals surface area contributed by atoms with E-state index in [1.807, 2.05) is 19.0 Å².